The summed E-state index contributed by atoms with van der Waals surface area (Å²) in [4.78, 5) is 16.0. The molecule has 0 radical (unpaired) electrons. The van der Waals surface area contributed by atoms with Gasteiger partial charge in [-0.1, -0.05) is 33.1 Å². The first kappa shape index (κ1) is 20.5. The molecule has 124 valence electrons. The van der Waals surface area contributed by atoms with Crippen LogP contribution in [-0.4, -0.2) is 31.5 Å². The Morgan fingerprint density at radius 3 is 2.43 bits per heavy atom. The quantitative estimate of drug-likeness (QED) is 0.261. The van der Waals surface area contributed by atoms with Crippen LogP contribution < -0.4 is 16.4 Å². The third-order valence-corrected chi connectivity index (χ3v) is 3.58. The monoisotopic (exact) mass is 410 g/mol. The lowest BCUT2D eigenvalue weighted by Gasteiger charge is -2.20. The summed E-state index contributed by atoms with van der Waals surface area (Å²) in [6.07, 6.45) is 6.99. The predicted octanol–water partition coefficient (Wildman–Crippen LogP) is 2.25. The van der Waals surface area contributed by atoms with Gasteiger partial charge in [-0.15, -0.1) is 24.0 Å². The summed E-state index contributed by atoms with van der Waals surface area (Å²) in [5.74, 6) is 1.72. The molecular formula is C15H31IN4O. The minimum atomic E-state index is 0. The number of guanidine groups is 1. The molecule has 1 aliphatic rings. The van der Waals surface area contributed by atoms with Crippen LogP contribution in [-0.2, 0) is 4.79 Å². The molecule has 6 heteroatoms. The van der Waals surface area contributed by atoms with Crippen molar-refractivity contribution in [1.29, 1.82) is 0 Å². The van der Waals surface area contributed by atoms with Crippen molar-refractivity contribution in [3.05, 3.63) is 0 Å². The molecule has 0 aliphatic heterocycles. The molecule has 1 fully saturated rings. The van der Waals surface area contributed by atoms with Gasteiger partial charge in [0.25, 0.3) is 0 Å². The van der Waals surface area contributed by atoms with Gasteiger partial charge in [0, 0.05) is 26.1 Å². The van der Waals surface area contributed by atoms with Gasteiger partial charge in [0.1, 0.15) is 0 Å². The van der Waals surface area contributed by atoms with Crippen molar-refractivity contribution in [1.82, 2.24) is 10.6 Å². The number of carbonyl (C=O) groups excluding carboxylic acids is 1. The number of halogens is 1. The first-order valence-electron chi connectivity index (χ1n) is 7.88. The molecule has 0 bridgehead atoms. The van der Waals surface area contributed by atoms with Crippen LogP contribution in [0.3, 0.4) is 0 Å². The van der Waals surface area contributed by atoms with E-state index >= 15 is 0 Å². The maximum atomic E-state index is 11.8. The van der Waals surface area contributed by atoms with Gasteiger partial charge in [0.2, 0.25) is 5.91 Å². The molecule has 1 aliphatic carbocycles. The lowest BCUT2D eigenvalue weighted by Crippen LogP contribution is -2.39. The van der Waals surface area contributed by atoms with Crippen molar-refractivity contribution in [2.24, 2.45) is 22.6 Å². The SMILES string of the molecule is CC(C)CN=C(N)NCCNC(=O)CC1CCCCC1.I. The second kappa shape index (κ2) is 12.1. The maximum absolute atomic E-state index is 11.8. The number of hydrogen-bond acceptors (Lipinski definition) is 2. The molecule has 0 spiro atoms. The Bertz CT molecular complexity index is 315. The zero-order valence-electron chi connectivity index (χ0n) is 13.4. The topological polar surface area (TPSA) is 79.5 Å². The number of aliphatic imine (C=N–C) groups is 1. The predicted molar refractivity (Wildman–Crippen MR) is 98.9 cm³/mol. The van der Waals surface area contributed by atoms with E-state index in [4.69, 9.17) is 5.73 Å². The van der Waals surface area contributed by atoms with E-state index in [-0.39, 0.29) is 29.9 Å². The smallest absolute Gasteiger partial charge is 0.220 e. The zero-order chi connectivity index (χ0) is 14.8. The molecule has 1 amide bonds. The first-order chi connectivity index (χ1) is 9.58. The summed E-state index contributed by atoms with van der Waals surface area (Å²) in [6.45, 7) is 6.16. The van der Waals surface area contributed by atoms with E-state index in [1.807, 2.05) is 0 Å². The van der Waals surface area contributed by atoms with E-state index in [9.17, 15) is 4.79 Å². The van der Waals surface area contributed by atoms with E-state index in [0.717, 1.165) is 6.54 Å². The fraction of sp³-hybridized carbons (Fsp3) is 0.867. The average Bonchev–Trinajstić information content (AvgIpc) is 2.42. The number of rotatable bonds is 7. The Hall–Kier alpha value is -0.530. The van der Waals surface area contributed by atoms with Crippen molar-refractivity contribution in [3.63, 3.8) is 0 Å². The minimum Gasteiger partial charge on any atom is -0.370 e. The van der Waals surface area contributed by atoms with Crippen LogP contribution in [0.2, 0.25) is 0 Å². The Labute approximate surface area is 145 Å². The van der Waals surface area contributed by atoms with E-state index in [1.165, 1.54) is 32.1 Å². The van der Waals surface area contributed by atoms with Crippen LogP contribution in [0.4, 0.5) is 0 Å². The van der Waals surface area contributed by atoms with Gasteiger partial charge in [-0.05, 0) is 24.7 Å². The van der Waals surface area contributed by atoms with Gasteiger partial charge in [0.05, 0.1) is 0 Å². The van der Waals surface area contributed by atoms with Crippen molar-refractivity contribution in [3.8, 4) is 0 Å². The minimum absolute atomic E-state index is 0. The average molecular weight is 410 g/mol. The molecule has 0 saturated heterocycles. The van der Waals surface area contributed by atoms with Crippen LogP contribution in [0.1, 0.15) is 52.4 Å². The number of nitrogens with two attached hydrogens (primary N) is 1. The van der Waals surface area contributed by atoms with Crippen LogP contribution in [0.5, 0.6) is 0 Å². The molecule has 1 rings (SSSR count). The van der Waals surface area contributed by atoms with E-state index in [0.29, 0.717) is 37.3 Å². The third kappa shape index (κ3) is 10.8. The van der Waals surface area contributed by atoms with Crippen molar-refractivity contribution in [2.75, 3.05) is 19.6 Å². The van der Waals surface area contributed by atoms with Crippen molar-refractivity contribution in [2.45, 2.75) is 52.4 Å². The van der Waals surface area contributed by atoms with E-state index < -0.39 is 0 Å². The molecule has 0 aromatic rings. The second-order valence-corrected chi connectivity index (χ2v) is 6.10. The van der Waals surface area contributed by atoms with Crippen LogP contribution in [0.25, 0.3) is 0 Å². The molecule has 0 heterocycles. The summed E-state index contributed by atoms with van der Waals surface area (Å²) in [5.41, 5.74) is 5.71. The van der Waals surface area contributed by atoms with Crippen molar-refractivity contribution < 1.29 is 4.79 Å². The molecule has 0 aromatic heterocycles. The number of nitrogens with one attached hydrogen (secondary N) is 2. The highest BCUT2D eigenvalue weighted by atomic mass is 127. The lowest BCUT2D eigenvalue weighted by atomic mass is 9.87. The lowest BCUT2D eigenvalue weighted by molar-refractivity contribution is -0.122. The zero-order valence-corrected chi connectivity index (χ0v) is 15.7. The van der Waals surface area contributed by atoms with Crippen LogP contribution in [0.15, 0.2) is 4.99 Å². The Kier molecular flexibility index (Phi) is 11.8. The standard InChI is InChI=1S/C15H30N4O.HI/c1-12(2)11-19-15(16)18-9-8-17-14(20)10-13-6-4-3-5-7-13;/h12-13H,3-11H2,1-2H3,(H,17,20)(H3,16,18,19);1H. The summed E-state index contributed by atoms with van der Waals surface area (Å²) < 4.78 is 0. The molecule has 0 unspecified atom stereocenters. The number of carbonyl (C=O) groups is 1. The second-order valence-electron chi connectivity index (χ2n) is 6.10. The molecule has 5 nitrogen and oxygen atoms in total. The molecule has 0 aromatic carbocycles. The van der Waals surface area contributed by atoms with Gasteiger partial charge in [-0.2, -0.15) is 0 Å². The third-order valence-electron chi connectivity index (χ3n) is 3.58. The molecule has 4 N–H and O–H groups in total. The highest BCUT2D eigenvalue weighted by molar-refractivity contribution is 14.0. The Balaban J connectivity index is 0.00000400. The highest BCUT2D eigenvalue weighted by Gasteiger charge is 2.16. The van der Waals surface area contributed by atoms with E-state index in [1.54, 1.807) is 0 Å². The van der Waals surface area contributed by atoms with E-state index in [2.05, 4.69) is 29.5 Å². The Morgan fingerprint density at radius 1 is 1.19 bits per heavy atom. The molecule has 1 saturated carbocycles. The summed E-state index contributed by atoms with van der Waals surface area (Å²) >= 11 is 0. The fourth-order valence-electron chi connectivity index (χ4n) is 2.45. The summed E-state index contributed by atoms with van der Waals surface area (Å²) in [6, 6.07) is 0. The summed E-state index contributed by atoms with van der Waals surface area (Å²) in [5, 5.41) is 5.95. The molecule has 21 heavy (non-hydrogen) atoms. The summed E-state index contributed by atoms with van der Waals surface area (Å²) in [7, 11) is 0. The number of nitrogens with zero attached hydrogens (tertiary/aromatic N) is 1. The van der Waals surface area contributed by atoms with Gasteiger partial charge in [-0.3, -0.25) is 9.79 Å². The Morgan fingerprint density at radius 2 is 1.81 bits per heavy atom. The number of amides is 1. The van der Waals surface area contributed by atoms with Gasteiger partial charge in [0.15, 0.2) is 5.96 Å². The van der Waals surface area contributed by atoms with Crippen LogP contribution in [0, 0.1) is 11.8 Å². The van der Waals surface area contributed by atoms with Crippen LogP contribution >= 0.6 is 24.0 Å². The number of hydrogen-bond donors (Lipinski definition) is 3. The molecular weight excluding hydrogens is 379 g/mol. The maximum Gasteiger partial charge on any atom is 0.220 e. The normalized spacial score (nSPS) is 16.4. The highest BCUT2D eigenvalue weighted by Crippen LogP contribution is 2.25. The first-order valence-corrected chi connectivity index (χ1v) is 7.88. The van der Waals surface area contributed by atoms with Gasteiger partial charge in [-0.25, -0.2) is 0 Å². The fourth-order valence-corrected chi connectivity index (χ4v) is 2.45. The largest absolute Gasteiger partial charge is 0.370 e. The van der Waals surface area contributed by atoms with Gasteiger partial charge >= 0.3 is 0 Å². The molecule has 0 atom stereocenters. The van der Waals surface area contributed by atoms with Crippen molar-refractivity contribution >= 4 is 35.8 Å². The van der Waals surface area contributed by atoms with Gasteiger partial charge < -0.3 is 16.4 Å².